The Labute approximate surface area is 122 Å². The first-order chi connectivity index (χ1) is 8.56. The maximum atomic E-state index is 10.1. The van der Waals surface area contributed by atoms with Crippen LogP contribution in [0.1, 0.15) is 27.7 Å². The van der Waals surface area contributed by atoms with Gasteiger partial charge in [0.25, 0.3) is 0 Å². The van der Waals surface area contributed by atoms with Crippen LogP contribution < -0.4 is 10.2 Å². The number of aromatic nitrogens is 1. The molecule has 0 fully saturated rings. The predicted octanol–water partition coefficient (Wildman–Crippen LogP) is 1.11. The molecular formula is C12H19BBrNO4. The lowest BCUT2D eigenvalue weighted by atomic mass is 9.77. The third-order valence-electron chi connectivity index (χ3n) is 3.17. The number of hydrogen-bond donors (Lipinski definition) is 2. The number of pyridine rings is 1. The minimum atomic E-state index is -1.19. The lowest BCUT2D eigenvalue weighted by Gasteiger charge is -2.38. The smallest absolute Gasteiger partial charge is 0.481 e. The molecule has 7 heteroatoms. The van der Waals surface area contributed by atoms with Crippen LogP contribution in [0, 0.1) is 0 Å². The number of hydrogen-bond acceptors (Lipinski definition) is 5. The molecule has 1 rings (SSSR count). The maximum absolute atomic E-state index is 10.1. The Morgan fingerprint density at radius 2 is 1.84 bits per heavy atom. The minimum Gasteiger partial charge on any atom is -0.481 e. The molecule has 0 bridgehead atoms. The van der Waals surface area contributed by atoms with Gasteiger partial charge < -0.3 is 19.5 Å². The van der Waals surface area contributed by atoms with E-state index in [-0.39, 0.29) is 0 Å². The molecule has 0 atom stereocenters. The van der Waals surface area contributed by atoms with Gasteiger partial charge in [0, 0.05) is 6.07 Å². The summed E-state index contributed by atoms with van der Waals surface area (Å²) in [5.41, 5.74) is -1.52. The topological polar surface area (TPSA) is 71.8 Å². The predicted molar refractivity (Wildman–Crippen MR) is 77.6 cm³/mol. The highest BCUT2D eigenvalue weighted by Gasteiger charge is 2.39. The summed E-state index contributed by atoms with van der Waals surface area (Å²) in [6.07, 6.45) is 0. The average Bonchev–Trinajstić information content (AvgIpc) is 2.25. The average molecular weight is 332 g/mol. The molecule has 0 saturated heterocycles. The SMILES string of the molecule is COc1cc(B(O)OC(C)(C)C(C)(C)O)cc(Br)n1. The first-order valence-corrected chi connectivity index (χ1v) is 6.66. The Morgan fingerprint density at radius 1 is 1.26 bits per heavy atom. The van der Waals surface area contributed by atoms with Crippen molar-refractivity contribution < 1.29 is 19.5 Å². The van der Waals surface area contributed by atoms with Gasteiger partial charge in [-0.1, -0.05) is 0 Å². The molecule has 0 aliphatic heterocycles. The van der Waals surface area contributed by atoms with Gasteiger partial charge in [0.15, 0.2) is 0 Å². The van der Waals surface area contributed by atoms with Crippen LogP contribution in [0.5, 0.6) is 5.88 Å². The summed E-state index contributed by atoms with van der Waals surface area (Å²) in [5, 5.41) is 20.1. The van der Waals surface area contributed by atoms with Gasteiger partial charge in [-0.15, -0.1) is 0 Å². The molecule has 0 spiro atoms. The molecule has 19 heavy (non-hydrogen) atoms. The van der Waals surface area contributed by atoms with Crippen LogP contribution in [-0.2, 0) is 4.65 Å². The molecular weight excluding hydrogens is 313 g/mol. The fraction of sp³-hybridized carbons (Fsp3) is 0.583. The summed E-state index contributed by atoms with van der Waals surface area (Å²) in [6, 6.07) is 3.21. The van der Waals surface area contributed by atoms with E-state index in [0.29, 0.717) is 15.9 Å². The van der Waals surface area contributed by atoms with Crippen molar-refractivity contribution >= 4 is 28.5 Å². The molecule has 0 unspecified atom stereocenters. The van der Waals surface area contributed by atoms with Gasteiger partial charge in [0.2, 0.25) is 5.88 Å². The molecule has 0 amide bonds. The Hall–Kier alpha value is -0.625. The van der Waals surface area contributed by atoms with Gasteiger partial charge in [0.05, 0.1) is 18.3 Å². The Balaban J connectivity index is 2.95. The van der Waals surface area contributed by atoms with Crippen LogP contribution in [-0.4, -0.2) is 40.5 Å². The molecule has 1 aromatic rings. The number of halogens is 1. The quantitative estimate of drug-likeness (QED) is 0.624. The van der Waals surface area contributed by atoms with Crippen molar-refractivity contribution in [3.63, 3.8) is 0 Å². The number of methoxy groups -OCH3 is 1. The molecule has 0 aromatic carbocycles. The van der Waals surface area contributed by atoms with E-state index >= 15 is 0 Å². The monoisotopic (exact) mass is 331 g/mol. The summed E-state index contributed by atoms with van der Waals surface area (Å²) < 4.78 is 11.1. The number of nitrogens with zero attached hydrogens (tertiary/aromatic N) is 1. The second kappa shape index (κ2) is 5.79. The second-order valence-electron chi connectivity index (χ2n) is 5.31. The van der Waals surface area contributed by atoms with Crippen molar-refractivity contribution in [1.82, 2.24) is 4.98 Å². The molecule has 2 N–H and O–H groups in total. The highest BCUT2D eigenvalue weighted by atomic mass is 79.9. The van der Waals surface area contributed by atoms with Gasteiger partial charge in [0.1, 0.15) is 4.60 Å². The molecule has 1 heterocycles. The van der Waals surface area contributed by atoms with Crippen molar-refractivity contribution in [2.45, 2.75) is 38.9 Å². The largest absolute Gasteiger partial charge is 0.491 e. The second-order valence-corrected chi connectivity index (χ2v) is 6.12. The van der Waals surface area contributed by atoms with Crippen LogP contribution in [0.15, 0.2) is 16.7 Å². The van der Waals surface area contributed by atoms with Gasteiger partial charge in [-0.25, -0.2) is 4.98 Å². The summed E-state index contributed by atoms with van der Waals surface area (Å²) in [4.78, 5) is 4.06. The van der Waals surface area contributed by atoms with Crippen molar-refractivity contribution in [2.75, 3.05) is 7.11 Å². The molecule has 0 aliphatic carbocycles. The zero-order chi connectivity index (χ0) is 14.8. The van der Waals surface area contributed by atoms with Crippen LogP contribution in [0.3, 0.4) is 0 Å². The molecule has 0 aliphatic rings. The van der Waals surface area contributed by atoms with Crippen LogP contribution in [0.4, 0.5) is 0 Å². The first-order valence-electron chi connectivity index (χ1n) is 5.86. The maximum Gasteiger partial charge on any atom is 0.491 e. The van der Waals surface area contributed by atoms with E-state index < -0.39 is 18.3 Å². The highest BCUT2D eigenvalue weighted by molar-refractivity contribution is 9.10. The van der Waals surface area contributed by atoms with E-state index in [1.807, 2.05) is 0 Å². The number of rotatable bonds is 5. The van der Waals surface area contributed by atoms with Gasteiger partial charge in [-0.05, 0) is 55.2 Å². The van der Waals surface area contributed by atoms with Gasteiger partial charge in [-0.3, -0.25) is 0 Å². The van der Waals surface area contributed by atoms with E-state index in [9.17, 15) is 10.1 Å². The van der Waals surface area contributed by atoms with Gasteiger partial charge in [-0.2, -0.15) is 0 Å². The third-order valence-corrected chi connectivity index (χ3v) is 3.57. The normalized spacial score (nSPS) is 12.4. The standard InChI is InChI=1S/C12H19BBrNO4/c1-11(2,16)12(3,4)19-13(17)8-6-9(14)15-10(7-8)18-5/h6-7,16-17H,1-5H3. The van der Waals surface area contributed by atoms with E-state index in [1.54, 1.807) is 39.8 Å². The van der Waals surface area contributed by atoms with E-state index in [1.165, 1.54) is 7.11 Å². The van der Waals surface area contributed by atoms with Gasteiger partial charge >= 0.3 is 7.12 Å². The molecule has 0 saturated carbocycles. The Bertz CT molecular complexity index is 448. The number of ether oxygens (including phenoxy) is 1. The van der Waals surface area contributed by atoms with Crippen molar-refractivity contribution in [2.24, 2.45) is 0 Å². The molecule has 0 radical (unpaired) electrons. The van der Waals surface area contributed by atoms with Crippen molar-refractivity contribution in [3.05, 3.63) is 16.7 Å². The summed E-state index contributed by atoms with van der Waals surface area (Å²) in [7, 11) is 0.307. The first kappa shape index (κ1) is 16.4. The summed E-state index contributed by atoms with van der Waals surface area (Å²) in [6.45, 7) is 6.68. The zero-order valence-corrected chi connectivity index (χ0v) is 13.4. The van der Waals surface area contributed by atoms with E-state index in [4.69, 9.17) is 9.39 Å². The molecule has 106 valence electrons. The molecule has 5 nitrogen and oxygen atoms in total. The zero-order valence-electron chi connectivity index (χ0n) is 11.8. The van der Waals surface area contributed by atoms with Crippen molar-refractivity contribution in [3.8, 4) is 5.88 Å². The molecule has 1 aromatic heterocycles. The van der Waals surface area contributed by atoms with Crippen LogP contribution in [0.25, 0.3) is 0 Å². The lowest BCUT2D eigenvalue weighted by Crippen LogP contribution is -2.53. The van der Waals surface area contributed by atoms with E-state index in [0.717, 1.165) is 0 Å². The highest BCUT2D eigenvalue weighted by Crippen LogP contribution is 2.25. The van der Waals surface area contributed by atoms with E-state index in [2.05, 4.69) is 20.9 Å². The Kier molecular flexibility index (Phi) is 5.00. The Morgan fingerprint density at radius 3 is 2.32 bits per heavy atom. The summed E-state index contributed by atoms with van der Waals surface area (Å²) >= 11 is 3.23. The fourth-order valence-electron chi connectivity index (χ4n) is 1.23. The van der Waals surface area contributed by atoms with Crippen LogP contribution in [0.2, 0.25) is 0 Å². The minimum absolute atomic E-state index is 0.369. The lowest BCUT2D eigenvalue weighted by molar-refractivity contribution is -0.0982. The van der Waals surface area contributed by atoms with Crippen LogP contribution >= 0.6 is 15.9 Å². The van der Waals surface area contributed by atoms with Crippen molar-refractivity contribution in [1.29, 1.82) is 0 Å². The fourth-order valence-corrected chi connectivity index (χ4v) is 1.67. The summed E-state index contributed by atoms with van der Waals surface area (Å²) in [5.74, 6) is 0.369. The number of aliphatic hydroxyl groups is 1. The third kappa shape index (κ3) is 4.17.